The highest BCUT2D eigenvalue weighted by atomic mass is 35.5. The van der Waals surface area contributed by atoms with Gasteiger partial charge < -0.3 is 9.64 Å². The molecule has 6 heteroatoms. The first-order valence-electron chi connectivity index (χ1n) is 8.28. The number of benzene rings is 2. The van der Waals surface area contributed by atoms with Crippen molar-refractivity contribution in [3.05, 3.63) is 64.1 Å². The van der Waals surface area contributed by atoms with Gasteiger partial charge >= 0.3 is 0 Å². The van der Waals surface area contributed by atoms with Crippen molar-refractivity contribution in [3.8, 4) is 5.75 Å². The van der Waals surface area contributed by atoms with Crippen LogP contribution in [0.15, 0.2) is 48.5 Å². The normalized spacial score (nSPS) is 15.2. The lowest BCUT2D eigenvalue weighted by atomic mass is 10.2. The van der Waals surface area contributed by atoms with Gasteiger partial charge in [0, 0.05) is 38.3 Å². The molecule has 1 fully saturated rings. The average molecular weight is 379 g/mol. The van der Waals surface area contributed by atoms with Crippen LogP contribution in [0.2, 0.25) is 10.0 Å². The molecule has 0 bridgehead atoms. The number of ether oxygens (including phenoxy) is 1. The molecule has 0 aromatic heterocycles. The van der Waals surface area contributed by atoms with Gasteiger partial charge in [-0.15, -0.1) is 0 Å². The van der Waals surface area contributed by atoms with Gasteiger partial charge in [-0.05, 0) is 24.3 Å². The van der Waals surface area contributed by atoms with Crippen molar-refractivity contribution in [2.24, 2.45) is 0 Å². The quantitative estimate of drug-likeness (QED) is 0.792. The van der Waals surface area contributed by atoms with Crippen LogP contribution >= 0.6 is 23.2 Å². The van der Waals surface area contributed by atoms with Gasteiger partial charge in [-0.1, -0.05) is 47.5 Å². The molecule has 0 unspecified atom stereocenters. The number of nitrogens with zero attached hydrogens (tertiary/aromatic N) is 2. The van der Waals surface area contributed by atoms with Crippen LogP contribution in [0.3, 0.4) is 0 Å². The summed E-state index contributed by atoms with van der Waals surface area (Å²) >= 11 is 12.2. The highest BCUT2D eigenvalue weighted by Gasteiger charge is 2.21. The summed E-state index contributed by atoms with van der Waals surface area (Å²) < 4.78 is 5.73. The number of piperazine rings is 1. The Morgan fingerprint density at radius 3 is 2.20 bits per heavy atom. The highest BCUT2D eigenvalue weighted by Crippen LogP contribution is 2.32. The van der Waals surface area contributed by atoms with Crippen molar-refractivity contribution in [1.29, 1.82) is 0 Å². The van der Waals surface area contributed by atoms with E-state index in [4.69, 9.17) is 27.9 Å². The predicted molar refractivity (Wildman–Crippen MR) is 101 cm³/mol. The van der Waals surface area contributed by atoms with E-state index in [2.05, 4.69) is 4.90 Å². The number of hydrogen-bond donors (Lipinski definition) is 0. The zero-order valence-electron chi connectivity index (χ0n) is 13.8. The van der Waals surface area contributed by atoms with Crippen molar-refractivity contribution < 1.29 is 9.53 Å². The molecule has 3 rings (SSSR count). The molecule has 0 radical (unpaired) electrons. The summed E-state index contributed by atoms with van der Waals surface area (Å²) in [7, 11) is 0. The van der Waals surface area contributed by atoms with Crippen LogP contribution in [0.4, 0.5) is 0 Å². The summed E-state index contributed by atoms with van der Waals surface area (Å²) in [6, 6.07) is 14.7. The summed E-state index contributed by atoms with van der Waals surface area (Å²) in [5.74, 6) is 0.628. The Morgan fingerprint density at radius 2 is 1.56 bits per heavy atom. The third-order valence-electron chi connectivity index (χ3n) is 4.25. The summed E-state index contributed by atoms with van der Waals surface area (Å²) in [5.41, 5.74) is 0.743. The number of carbonyl (C=O) groups is 1. The molecule has 25 heavy (non-hydrogen) atoms. The second kappa shape index (κ2) is 8.56. The lowest BCUT2D eigenvalue weighted by Crippen LogP contribution is -2.49. The number of halogens is 2. The SMILES string of the molecule is O=C(c1ccccc1)N1CCN(CCOc2c(Cl)cccc2Cl)CC1. The van der Waals surface area contributed by atoms with Gasteiger partial charge in [-0.2, -0.15) is 0 Å². The monoisotopic (exact) mass is 378 g/mol. The summed E-state index contributed by atoms with van der Waals surface area (Å²) in [6.45, 7) is 4.39. The van der Waals surface area contributed by atoms with Gasteiger partial charge in [0.1, 0.15) is 6.61 Å². The first-order chi connectivity index (χ1) is 12.1. The lowest BCUT2D eigenvalue weighted by molar-refractivity contribution is 0.0620. The number of carbonyl (C=O) groups excluding carboxylic acids is 1. The number of rotatable bonds is 5. The number of hydrogen-bond acceptors (Lipinski definition) is 3. The molecule has 2 aromatic carbocycles. The van der Waals surface area contributed by atoms with Crippen LogP contribution in [0.5, 0.6) is 5.75 Å². The van der Waals surface area contributed by atoms with Crippen LogP contribution in [0, 0.1) is 0 Å². The molecule has 0 spiro atoms. The van der Waals surface area contributed by atoms with E-state index >= 15 is 0 Å². The second-order valence-electron chi connectivity index (χ2n) is 5.90. The fourth-order valence-corrected chi connectivity index (χ4v) is 3.34. The largest absolute Gasteiger partial charge is 0.489 e. The fourth-order valence-electron chi connectivity index (χ4n) is 2.84. The molecule has 1 aliphatic rings. The Kier molecular flexibility index (Phi) is 6.19. The zero-order chi connectivity index (χ0) is 17.6. The predicted octanol–water partition coefficient (Wildman–Crippen LogP) is 3.83. The Labute approximate surface area is 157 Å². The molecular formula is C19H20Cl2N2O2. The number of amides is 1. The third kappa shape index (κ3) is 4.66. The topological polar surface area (TPSA) is 32.8 Å². The molecule has 0 aliphatic carbocycles. The first-order valence-corrected chi connectivity index (χ1v) is 9.04. The summed E-state index contributed by atoms with van der Waals surface area (Å²) in [6.07, 6.45) is 0. The van der Waals surface area contributed by atoms with E-state index < -0.39 is 0 Å². The minimum Gasteiger partial charge on any atom is -0.489 e. The molecule has 1 aliphatic heterocycles. The molecule has 1 amide bonds. The molecule has 0 saturated carbocycles. The zero-order valence-corrected chi connectivity index (χ0v) is 15.3. The molecule has 0 atom stereocenters. The van der Waals surface area contributed by atoms with Crippen LogP contribution in [-0.4, -0.2) is 55.0 Å². The summed E-state index contributed by atoms with van der Waals surface area (Å²) in [5, 5.41) is 1.04. The fraction of sp³-hybridized carbons (Fsp3) is 0.316. The molecule has 1 heterocycles. The molecule has 132 valence electrons. The van der Waals surface area contributed by atoms with E-state index in [-0.39, 0.29) is 5.91 Å². The van der Waals surface area contributed by atoms with Crippen molar-refractivity contribution in [2.75, 3.05) is 39.3 Å². The molecule has 2 aromatic rings. The lowest BCUT2D eigenvalue weighted by Gasteiger charge is -2.34. The van der Waals surface area contributed by atoms with Crippen LogP contribution < -0.4 is 4.74 Å². The van der Waals surface area contributed by atoms with E-state index in [9.17, 15) is 4.79 Å². The summed E-state index contributed by atoms with van der Waals surface area (Å²) in [4.78, 5) is 16.6. The molecule has 1 saturated heterocycles. The Morgan fingerprint density at radius 1 is 0.920 bits per heavy atom. The van der Waals surface area contributed by atoms with E-state index in [1.54, 1.807) is 18.2 Å². The van der Waals surface area contributed by atoms with Gasteiger partial charge in [0.2, 0.25) is 0 Å². The average Bonchev–Trinajstić information content (AvgIpc) is 2.65. The Hall–Kier alpha value is -1.75. The first kappa shape index (κ1) is 18.1. The second-order valence-corrected chi connectivity index (χ2v) is 6.71. The maximum atomic E-state index is 12.4. The standard InChI is InChI=1S/C19H20Cl2N2O2/c20-16-7-4-8-17(21)18(16)25-14-13-22-9-11-23(12-10-22)19(24)15-5-2-1-3-6-15/h1-8H,9-14H2. The van der Waals surface area contributed by atoms with Crippen LogP contribution in [-0.2, 0) is 0 Å². The van der Waals surface area contributed by atoms with Crippen molar-refractivity contribution in [1.82, 2.24) is 9.80 Å². The molecular weight excluding hydrogens is 359 g/mol. The van der Waals surface area contributed by atoms with Gasteiger partial charge in [0.15, 0.2) is 5.75 Å². The Balaban J connectivity index is 1.45. The van der Waals surface area contributed by atoms with E-state index in [1.807, 2.05) is 35.2 Å². The third-order valence-corrected chi connectivity index (χ3v) is 4.85. The number of para-hydroxylation sites is 1. The van der Waals surface area contributed by atoms with E-state index in [1.165, 1.54) is 0 Å². The highest BCUT2D eigenvalue weighted by molar-refractivity contribution is 6.37. The molecule has 0 N–H and O–H groups in total. The van der Waals surface area contributed by atoms with Crippen molar-refractivity contribution in [3.63, 3.8) is 0 Å². The van der Waals surface area contributed by atoms with Crippen molar-refractivity contribution in [2.45, 2.75) is 0 Å². The minimum absolute atomic E-state index is 0.0966. The van der Waals surface area contributed by atoms with Gasteiger partial charge in [-0.25, -0.2) is 0 Å². The van der Waals surface area contributed by atoms with Crippen molar-refractivity contribution >= 4 is 29.1 Å². The van der Waals surface area contributed by atoms with E-state index in [0.29, 0.717) is 22.4 Å². The Bertz CT molecular complexity index is 696. The van der Waals surface area contributed by atoms with E-state index in [0.717, 1.165) is 38.3 Å². The van der Waals surface area contributed by atoms with Crippen LogP contribution in [0.1, 0.15) is 10.4 Å². The van der Waals surface area contributed by atoms with Gasteiger partial charge in [0.05, 0.1) is 10.0 Å². The van der Waals surface area contributed by atoms with Crippen LogP contribution in [0.25, 0.3) is 0 Å². The maximum absolute atomic E-state index is 12.4. The van der Waals surface area contributed by atoms with Gasteiger partial charge in [0.25, 0.3) is 5.91 Å². The molecule has 4 nitrogen and oxygen atoms in total. The maximum Gasteiger partial charge on any atom is 0.253 e. The smallest absolute Gasteiger partial charge is 0.253 e. The van der Waals surface area contributed by atoms with Gasteiger partial charge in [-0.3, -0.25) is 9.69 Å². The minimum atomic E-state index is 0.0966.